The van der Waals surface area contributed by atoms with Gasteiger partial charge in [-0.3, -0.25) is 4.90 Å². The maximum absolute atomic E-state index is 14.2. The van der Waals surface area contributed by atoms with E-state index in [9.17, 15) is 8.78 Å². The highest BCUT2D eigenvalue weighted by atomic mass is 19.3. The van der Waals surface area contributed by atoms with Gasteiger partial charge in [0.15, 0.2) is 0 Å². The molecule has 1 aliphatic heterocycles. The Morgan fingerprint density at radius 1 is 1.17 bits per heavy atom. The van der Waals surface area contributed by atoms with Crippen molar-refractivity contribution >= 4 is 0 Å². The average Bonchev–Trinajstić information content (AvgIpc) is 2.33. The topological polar surface area (TPSA) is 15.3 Å². The fraction of sp³-hybridized carbons (Fsp3) is 0.571. The summed E-state index contributed by atoms with van der Waals surface area (Å²) in [7, 11) is 0. The second-order valence-electron chi connectivity index (χ2n) is 5.03. The standard InChI is InChI=1S/C14H20F2N2/c1-11-3-4-13(9-12(11)2)14(15,16)10-18-7-5-17-6-8-18/h3-4,9,17H,5-8,10H2,1-2H3. The van der Waals surface area contributed by atoms with Gasteiger partial charge in [-0.2, -0.15) is 8.78 Å². The smallest absolute Gasteiger partial charge is 0.285 e. The van der Waals surface area contributed by atoms with Crippen LogP contribution in [0.2, 0.25) is 0 Å². The van der Waals surface area contributed by atoms with Crippen LogP contribution in [0, 0.1) is 13.8 Å². The molecule has 0 radical (unpaired) electrons. The van der Waals surface area contributed by atoms with Crippen LogP contribution < -0.4 is 5.32 Å². The van der Waals surface area contributed by atoms with Gasteiger partial charge in [-0.25, -0.2) is 0 Å². The summed E-state index contributed by atoms with van der Waals surface area (Å²) in [6.45, 7) is 6.61. The van der Waals surface area contributed by atoms with Crippen LogP contribution in [0.15, 0.2) is 18.2 Å². The summed E-state index contributed by atoms with van der Waals surface area (Å²) < 4.78 is 28.4. The predicted molar refractivity (Wildman–Crippen MR) is 69.1 cm³/mol. The molecule has 2 nitrogen and oxygen atoms in total. The van der Waals surface area contributed by atoms with Gasteiger partial charge in [0, 0.05) is 31.7 Å². The van der Waals surface area contributed by atoms with E-state index in [1.54, 1.807) is 18.2 Å². The molecule has 0 aliphatic carbocycles. The largest absolute Gasteiger partial charge is 0.314 e. The van der Waals surface area contributed by atoms with E-state index in [0.29, 0.717) is 13.1 Å². The number of piperazine rings is 1. The first-order valence-electron chi connectivity index (χ1n) is 6.38. The van der Waals surface area contributed by atoms with Gasteiger partial charge in [-0.05, 0) is 31.0 Å². The summed E-state index contributed by atoms with van der Waals surface area (Å²) in [5, 5.41) is 3.17. The van der Waals surface area contributed by atoms with Crippen LogP contribution in [-0.2, 0) is 5.92 Å². The summed E-state index contributed by atoms with van der Waals surface area (Å²) in [5.41, 5.74) is 2.10. The number of halogens is 2. The van der Waals surface area contributed by atoms with Crippen LogP contribution in [0.1, 0.15) is 16.7 Å². The Morgan fingerprint density at radius 2 is 1.83 bits per heavy atom. The summed E-state index contributed by atoms with van der Waals surface area (Å²) in [5.74, 6) is -2.77. The van der Waals surface area contributed by atoms with E-state index < -0.39 is 5.92 Å². The number of alkyl halides is 2. The maximum atomic E-state index is 14.2. The lowest BCUT2D eigenvalue weighted by Gasteiger charge is -2.31. The van der Waals surface area contributed by atoms with Crippen molar-refractivity contribution in [2.24, 2.45) is 0 Å². The minimum absolute atomic E-state index is 0.129. The molecule has 4 heteroatoms. The third-order valence-electron chi connectivity index (χ3n) is 3.56. The van der Waals surface area contributed by atoms with E-state index in [0.717, 1.165) is 24.2 Å². The van der Waals surface area contributed by atoms with Gasteiger partial charge in [0.25, 0.3) is 5.92 Å². The normalized spacial score (nSPS) is 18.0. The van der Waals surface area contributed by atoms with E-state index in [-0.39, 0.29) is 12.1 Å². The molecule has 2 rings (SSSR count). The summed E-state index contributed by atoms with van der Waals surface area (Å²) in [6.07, 6.45) is 0. The van der Waals surface area contributed by atoms with Crippen molar-refractivity contribution < 1.29 is 8.78 Å². The number of hydrogen-bond donors (Lipinski definition) is 1. The van der Waals surface area contributed by atoms with E-state index in [4.69, 9.17) is 0 Å². The quantitative estimate of drug-likeness (QED) is 0.890. The second-order valence-corrected chi connectivity index (χ2v) is 5.03. The number of aryl methyl sites for hydroxylation is 2. The Labute approximate surface area is 107 Å². The molecule has 1 fully saturated rings. The SMILES string of the molecule is Cc1ccc(C(F)(F)CN2CCNCC2)cc1C. The molecule has 0 amide bonds. The minimum Gasteiger partial charge on any atom is -0.314 e. The first-order chi connectivity index (χ1) is 8.49. The Morgan fingerprint density at radius 3 is 2.44 bits per heavy atom. The van der Waals surface area contributed by atoms with Gasteiger partial charge < -0.3 is 5.32 Å². The fourth-order valence-corrected chi connectivity index (χ4v) is 2.21. The third-order valence-corrected chi connectivity index (χ3v) is 3.56. The summed E-state index contributed by atoms with van der Waals surface area (Å²) in [4.78, 5) is 1.83. The Bertz CT molecular complexity index is 412. The molecule has 0 bridgehead atoms. The predicted octanol–water partition coefficient (Wildman–Crippen LogP) is 2.30. The van der Waals surface area contributed by atoms with Crippen LogP contribution in [-0.4, -0.2) is 37.6 Å². The van der Waals surface area contributed by atoms with E-state index >= 15 is 0 Å². The van der Waals surface area contributed by atoms with Crippen molar-refractivity contribution in [1.29, 1.82) is 0 Å². The van der Waals surface area contributed by atoms with E-state index in [1.807, 2.05) is 18.7 Å². The molecule has 0 spiro atoms. The molecule has 1 aromatic carbocycles. The van der Waals surface area contributed by atoms with Gasteiger partial charge in [0.05, 0.1) is 6.54 Å². The molecule has 1 aromatic rings. The first kappa shape index (κ1) is 13.4. The van der Waals surface area contributed by atoms with Crippen molar-refractivity contribution in [3.63, 3.8) is 0 Å². The molecule has 0 atom stereocenters. The number of benzene rings is 1. The highest BCUT2D eigenvalue weighted by Gasteiger charge is 2.34. The Kier molecular flexibility index (Phi) is 3.97. The van der Waals surface area contributed by atoms with Gasteiger partial charge >= 0.3 is 0 Å². The Hall–Kier alpha value is -1.00. The van der Waals surface area contributed by atoms with Crippen molar-refractivity contribution in [3.05, 3.63) is 34.9 Å². The highest BCUT2D eigenvalue weighted by Crippen LogP contribution is 2.30. The molecule has 1 saturated heterocycles. The molecule has 0 saturated carbocycles. The number of hydrogen-bond acceptors (Lipinski definition) is 2. The van der Waals surface area contributed by atoms with E-state index in [2.05, 4.69) is 5.32 Å². The molecule has 0 aromatic heterocycles. The van der Waals surface area contributed by atoms with Crippen molar-refractivity contribution in [2.75, 3.05) is 32.7 Å². The molecular formula is C14H20F2N2. The lowest BCUT2D eigenvalue weighted by atomic mass is 10.0. The molecule has 0 unspecified atom stereocenters. The van der Waals surface area contributed by atoms with Crippen LogP contribution in [0.5, 0.6) is 0 Å². The lowest BCUT2D eigenvalue weighted by molar-refractivity contribution is -0.0401. The van der Waals surface area contributed by atoms with Crippen LogP contribution in [0.4, 0.5) is 8.78 Å². The molecule has 18 heavy (non-hydrogen) atoms. The average molecular weight is 254 g/mol. The van der Waals surface area contributed by atoms with E-state index in [1.165, 1.54) is 0 Å². The zero-order valence-electron chi connectivity index (χ0n) is 11.0. The number of nitrogens with one attached hydrogen (secondary N) is 1. The van der Waals surface area contributed by atoms with Crippen LogP contribution in [0.3, 0.4) is 0 Å². The highest BCUT2D eigenvalue weighted by molar-refractivity contribution is 5.32. The Balaban J connectivity index is 2.10. The van der Waals surface area contributed by atoms with Crippen molar-refractivity contribution in [2.45, 2.75) is 19.8 Å². The molecule has 100 valence electrons. The number of nitrogens with zero attached hydrogens (tertiary/aromatic N) is 1. The number of rotatable bonds is 3. The maximum Gasteiger partial charge on any atom is 0.285 e. The zero-order chi connectivity index (χ0) is 13.2. The monoisotopic (exact) mass is 254 g/mol. The second kappa shape index (κ2) is 5.33. The van der Waals surface area contributed by atoms with Crippen LogP contribution in [0.25, 0.3) is 0 Å². The minimum atomic E-state index is -2.77. The van der Waals surface area contributed by atoms with Gasteiger partial charge in [0.1, 0.15) is 0 Å². The molecule has 1 N–H and O–H groups in total. The van der Waals surface area contributed by atoms with Gasteiger partial charge in [-0.1, -0.05) is 12.1 Å². The summed E-state index contributed by atoms with van der Waals surface area (Å²) >= 11 is 0. The first-order valence-corrected chi connectivity index (χ1v) is 6.38. The van der Waals surface area contributed by atoms with Crippen molar-refractivity contribution in [3.8, 4) is 0 Å². The van der Waals surface area contributed by atoms with Crippen LogP contribution >= 0.6 is 0 Å². The van der Waals surface area contributed by atoms with Gasteiger partial charge in [0.2, 0.25) is 0 Å². The molecule has 1 aliphatic rings. The third kappa shape index (κ3) is 3.06. The lowest BCUT2D eigenvalue weighted by Crippen LogP contribution is -2.47. The van der Waals surface area contributed by atoms with Gasteiger partial charge in [-0.15, -0.1) is 0 Å². The fourth-order valence-electron chi connectivity index (χ4n) is 2.21. The summed E-state index contributed by atoms with van der Waals surface area (Å²) in [6, 6.07) is 4.93. The molecular weight excluding hydrogens is 234 g/mol. The van der Waals surface area contributed by atoms with Crippen molar-refractivity contribution in [1.82, 2.24) is 10.2 Å². The molecule has 1 heterocycles. The zero-order valence-corrected chi connectivity index (χ0v) is 11.0.